The van der Waals surface area contributed by atoms with Crippen molar-refractivity contribution in [3.05, 3.63) is 83.4 Å². The van der Waals surface area contributed by atoms with E-state index >= 15 is 0 Å². The van der Waals surface area contributed by atoms with Crippen LogP contribution in [-0.2, 0) is 13.0 Å². The number of rotatable bonds is 7. The molecule has 128 valence electrons. The average molecular weight is 334 g/mol. The van der Waals surface area contributed by atoms with Gasteiger partial charge in [0.1, 0.15) is 0 Å². The summed E-state index contributed by atoms with van der Waals surface area (Å²) in [5.74, 6) is -0.0578. The second kappa shape index (κ2) is 8.15. The van der Waals surface area contributed by atoms with Gasteiger partial charge in [-0.05, 0) is 36.8 Å². The summed E-state index contributed by atoms with van der Waals surface area (Å²) in [6.07, 6.45) is 4.15. The number of H-pyrrole nitrogens is 1. The fourth-order valence-corrected chi connectivity index (χ4v) is 2.48. The highest BCUT2D eigenvalue weighted by Crippen LogP contribution is 2.11. The van der Waals surface area contributed by atoms with Crippen molar-refractivity contribution in [2.75, 3.05) is 11.9 Å². The van der Waals surface area contributed by atoms with Gasteiger partial charge in [0.05, 0.1) is 6.33 Å². The minimum Gasteiger partial charge on any atom is -0.381 e. The molecule has 0 fully saturated rings. The van der Waals surface area contributed by atoms with Crippen LogP contribution in [0.3, 0.4) is 0 Å². The second-order valence-electron chi connectivity index (χ2n) is 6.00. The highest BCUT2D eigenvalue weighted by Gasteiger charge is 2.05. The number of hydrogen-bond donors (Lipinski definition) is 3. The number of aryl methyl sites for hydroxylation is 1. The molecule has 0 atom stereocenters. The average Bonchev–Trinajstić information content (AvgIpc) is 3.15. The molecule has 0 unspecified atom stereocenters. The van der Waals surface area contributed by atoms with E-state index < -0.39 is 0 Å². The van der Waals surface area contributed by atoms with Crippen molar-refractivity contribution in [3.63, 3.8) is 0 Å². The van der Waals surface area contributed by atoms with Gasteiger partial charge in [-0.15, -0.1) is 0 Å². The van der Waals surface area contributed by atoms with Gasteiger partial charge in [-0.3, -0.25) is 4.79 Å². The number of aromatic amines is 1. The predicted octanol–water partition coefficient (Wildman–Crippen LogP) is 3.30. The Morgan fingerprint density at radius 2 is 1.84 bits per heavy atom. The van der Waals surface area contributed by atoms with Crippen LogP contribution < -0.4 is 10.6 Å². The molecule has 3 rings (SSSR count). The molecule has 0 saturated heterocycles. The summed E-state index contributed by atoms with van der Waals surface area (Å²) in [6, 6.07) is 16.0. The Morgan fingerprint density at radius 3 is 2.52 bits per heavy atom. The van der Waals surface area contributed by atoms with E-state index in [1.165, 1.54) is 5.56 Å². The number of benzene rings is 2. The van der Waals surface area contributed by atoms with E-state index in [2.05, 4.69) is 51.8 Å². The molecule has 3 aromatic rings. The predicted molar refractivity (Wildman–Crippen MR) is 99.6 cm³/mol. The molecule has 0 aliphatic carbocycles. The molecular formula is C20H22N4O. The van der Waals surface area contributed by atoms with Gasteiger partial charge in [0.25, 0.3) is 5.91 Å². The summed E-state index contributed by atoms with van der Waals surface area (Å²) in [7, 11) is 0. The molecule has 0 radical (unpaired) electrons. The van der Waals surface area contributed by atoms with E-state index in [1.807, 2.05) is 24.3 Å². The number of carbonyl (C=O) groups excluding carboxylic acids is 1. The Balaban J connectivity index is 1.47. The van der Waals surface area contributed by atoms with Crippen LogP contribution in [0.4, 0.5) is 5.69 Å². The largest absolute Gasteiger partial charge is 0.381 e. The van der Waals surface area contributed by atoms with Gasteiger partial charge in [-0.2, -0.15) is 0 Å². The van der Waals surface area contributed by atoms with E-state index in [0.717, 1.165) is 29.9 Å². The normalized spacial score (nSPS) is 10.4. The summed E-state index contributed by atoms with van der Waals surface area (Å²) in [5.41, 5.74) is 5.15. The van der Waals surface area contributed by atoms with Crippen LogP contribution in [0.2, 0.25) is 0 Å². The number of aromatic nitrogens is 2. The Kier molecular flexibility index (Phi) is 5.46. The summed E-state index contributed by atoms with van der Waals surface area (Å²) < 4.78 is 0. The SMILES string of the molecule is Cc1ccc(NCc2ccc(C(=O)NCCc3cnc[nH]3)cc2)cc1. The summed E-state index contributed by atoms with van der Waals surface area (Å²) >= 11 is 0. The zero-order valence-electron chi connectivity index (χ0n) is 14.3. The molecule has 0 aliphatic heterocycles. The van der Waals surface area contributed by atoms with Gasteiger partial charge in [-0.1, -0.05) is 29.8 Å². The fraction of sp³-hybridized carbons (Fsp3) is 0.200. The monoisotopic (exact) mass is 334 g/mol. The number of amides is 1. The van der Waals surface area contributed by atoms with E-state index in [4.69, 9.17) is 0 Å². The van der Waals surface area contributed by atoms with Gasteiger partial charge in [0, 0.05) is 42.7 Å². The van der Waals surface area contributed by atoms with Gasteiger partial charge in [0.2, 0.25) is 0 Å². The van der Waals surface area contributed by atoms with Gasteiger partial charge >= 0.3 is 0 Å². The maximum atomic E-state index is 12.1. The van der Waals surface area contributed by atoms with Gasteiger partial charge in [0.15, 0.2) is 0 Å². The maximum Gasteiger partial charge on any atom is 0.251 e. The minimum atomic E-state index is -0.0578. The lowest BCUT2D eigenvalue weighted by molar-refractivity contribution is 0.0954. The third-order valence-electron chi connectivity index (χ3n) is 4.00. The number of imidazole rings is 1. The number of hydrogen-bond acceptors (Lipinski definition) is 3. The minimum absolute atomic E-state index is 0.0578. The Bertz CT molecular complexity index is 793. The molecule has 1 heterocycles. The quantitative estimate of drug-likeness (QED) is 0.621. The zero-order chi connectivity index (χ0) is 17.5. The smallest absolute Gasteiger partial charge is 0.251 e. The van der Waals surface area contributed by atoms with Crippen LogP contribution in [0, 0.1) is 6.92 Å². The molecule has 5 heteroatoms. The lowest BCUT2D eigenvalue weighted by Crippen LogP contribution is -2.25. The van der Waals surface area contributed by atoms with E-state index in [0.29, 0.717) is 12.1 Å². The first-order valence-corrected chi connectivity index (χ1v) is 8.35. The number of anilines is 1. The lowest BCUT2D eigenvalue weighted by atomic mass is 10.1. The molecule has 3 N–H and O–H groups in total. The maximum absolute atomic E-state index is 12.1. The standard InChI is InChI=1S/C20H22N4O/c1-15-2-8-18(9-3-15)23-12-16-4-6-17(7-5-16)20(25)22-11-10-19-13-21-14-24-19/h2-9,13-14,23H,10-12H2,1H3,(H,21,24)(H,22,25). The number of nitrogens with one attached hydrogen (secondary N) is 3. The fourth-order valence-electron chi connectivity index (χ4n) is 2.48. The van der Waals surface area contributed by atoms with Crippen LogP contribution in [0.25, 0.3) is 0 Å². The van der Waals surface area contributed by atoms with E-state index in [9.17, 15) is 4.79 Å². The summed E-state index contributed by atoms with van der Waals surface area (Å²) in [5, 5.41) is 6.29. The van der Waals surface area contributed by atoms with Gasteiger partial charge < -0.3 is 15.6 Å². The van der Waals surface area contributed by atoms with Crippen LogP contribution in [-0.4, -0.2) is 22.4 Å². The molecule has 0 saturated carbocycles. The molecule has 0 spiro atoms. The molecule has 1 aromatic heterocycles. The first-order valence-electron chi connectivity index (χ1n) is 8.35. The van der Waals surface area contributed by atoms with Crippen LogP contribution in [0.15, 0.2) is 61.1 Å². The number of nitrogens with zero attached hydrogens (tertiary/aromatic N) is 1. The van der Waals surface area contributed by atoms with Crippen molar-refractivity contribution in [1.29, 1.82) is 0 Å². The third-order valence-corrected chi connectivity index (χ3v) is 4.00. The van der Waals surface area contributed by atoms with Crippen LogP contribution in [0.1, 0.15) is 27.2 Å². The lowest BCUT2D eigenvalue weighted by Gasteiger charge is -2.08. The number of carbonyl (C=O) groups is 1. The third kappa shape index (κ3) is 4.94. The molecule has 0 bridgehead atoms. The summed E-state index contributed by atoms with van der Waals surface area (Å²) in [6.45, 7) is 3.38. The van der Waals surface area contributed by atoms with Crippen LogP contribution in [0.5, 0.6) is 0 Å². The molecule has 0 aliphatic rings. The molecule has 1 amide bonds. The summed E-state index contributed by atoms with van der Waals surface area (Å²) in [4.78, 5) is 19.1. The Morgan fingerprint density at radius 1 is 1.08 bits per heavy atom. The van der Waals surface area contributed by atoms with E-state index in [-0.39, 0.29) is 5.91 Å². The van der Waals surface area contributed by atoms with Crippen molar-refractivity contribution < 1.29 is 4.79 Å². The zero-order valence-corrected chi connectivity index (χ0v) is 14.3. The van der Waals surface area contributed by atoms with Crippen molar-refractivity contribution in [2.45, 2.75) is 19.9 Å². The van der Waals surface area contributed by atoms with Crippen molar-refractivity contribution in [1.82, 2.24) is 15.3 Å². The molecule has 2 aromatic carbocycles. The first kappa shape index (κ1) is 16.8. The van der Waals surface area contributed by atoms with E-state index in [1.54, 1.807) is 12.5 Å². The van der Waals surface area contributed by atoms with Crippen molar-refractivity contribution in [2.24, 2.45) is 0 Å². The Hall–Kier alpha value is -3.08. The topological polar surface area (TPSA) is 69.8 Å². The van der Waals surface area contributed by atoms with Crippen molar-refractivity contribution in [3.8, 4) is 0 Å². The molecule has 25 heavy (non-hydrogen) atoms. The van der Waals surface area contributed by atoms with Crippen molar-refractivity contribution >= 4 is 11.6 Å². The first-order chi connectivity index (χ1) is 12.2. The highest BCUT2D eigenvalue weighted by molar-refractivity contribution is 5.94. The van der Waals surface area contributed by atoms with Crippen LogP contribution >= 0.6 is 0 Å². The Labute approximate surface area is 147 Å². The second-order valence-corrected chi connectivity index (χ2v) is 6.00. The van der Waals surface area contributed by atoms with Gasteiger partial charge in [-0.25, -0.2) is 4.98 Å². The molecular weight excluding hydrogens is 312 g/mol. The highest BCUT2D eigenvalue weighted by atomic mass is 16.1. The molecule has 5 nitrogen and oxygen atoms in total.